The Hall–Kier alpha value is -2.30. The molecule has 1 aromatic carbocycles. The maximum atomic E-state index is 12.7. The molecule has 2 rings (SSSR count). The third-order valence-electron chi connectivity index (χ3n) is 3.58. The summed E-state index contributed by atoms with van der Waals surface area (Å²) in [7, 11) is 0. The highest BCUT2D eigenvalue weighted by Crippen LogP contribution is 2.23. The summed E-state index contributed by atoms with van der Waals surface area (Å²) in [4.78, 5) is 28.5. The topological polar surface area (TPSA) is 73.4 Å². The number of aliphatic carboxylic acids is 1. The fourth-order valence-electron chi connectivity index (χ4n) is 2.32. The Morgan fingerprint density at radius 3 is 2.60 bits per heavy atom. The molecule has 2 N–H and O–H groups in total. The minimum atomic E-state index is -1.25. The highest BCUT2D eigenvalue weighted by atomic mass is 16.4. The van der Waals surface area contributed by atoms with Crippen molar-refractivity contribution in [3.05, 3.63) is 36.0 Å². The molecule has 2 aromatic rings. The zero-order chi connectivity index (χ0) is 14.9. The molecule has 20 heavy (non-hydrogen) atoms. The molecule has 0 saturated heterocycles. The van der Waals surface area contributed by atoms with Crippen LogP contribution in [-0.4, -0.2) is 39.0 Å². The fourth-order valence-corrected chi connectivity index (χ4v) is 2.32. The van der Waals surface area contributed by atoms with Gasteiger partial charge in [-0.15, -0.1) is 0 Å². The van der Waals surface area contributed by atoms with Crippen molar-refractivity contribution in [1.82, 2.24) is 9.88 Å². The van der Waals surface area contributed by atoms with Gasteiger partial charge in [-0.2, -0.15) is 0 Å². The van der Waals surface area contributed by atoms with Gasteiger partial charge in [-0.1, -0.05) is 12.1 Å². The Bertz CT molecular complexity index is 658. The summed E-state index contributed by atoms with van der Waals surface area (Å²) in [5, 5.41) is 10.2. The summed E-state index contributed by atoms with van der Waals surface area (Å²) in [6, 6.07) is 7.29. The molecule has 0 fully saturated rings. The summed E-state index contributed by atoms with van der Waals surface area (Å²) in [6.45, 7) is 5.17. The number of nitrogens with zero attached hydrogens (tertiary/aromatic N) is 1. The number of aromatic amines is 1. The predicted molar refractivity (Wildman–Crippen MR) is 76.7 cm³/mol. The van der Waals surface area contributed by atoms with Crippen molar-refractivity contribution in [1.29, 1.82) is 0 Å². The minimum absolute atomic E-state index is 0.284. The van der Waals surface area contributed by atoms with Crippen LogP contribution in [0.2, 0.25) is 0 Å². The van der Waals surface area contributed by atoms with Gasteiger partial charge in [-0.25, -0.2) is 4.79 Å². The van der Waals surface area contributed by atoms with Crippen LogP contribution in [0.15, 0.2) is 30.5 Å². The third-order valence-corrected chi connectivity index (χ3v) is 3.58. The second-order valence-corrected chi connectivity index (χ2v) is 5.16. The van der Waals surface area contributed by atoms with E-state index in [1.54, 1.807) is 25.3 Å². The van der Waals surface area contributed by atoms with E-state index in [0.29, 0.717) is 12.1 Å². The van der Waals surface area contributed by atoms with Crippen LogP contribution in [0.25, 0.3) is 10.9 Å². The van der Waals surface area contributed by atoms with Gasteiger partial charge in [0.2, 0.25) is 0 Å². The van der Waals surface area contributed by atoms with Crippen LogP contribution in [0.1, 0.15) is 31.1 Å². The van der Waals surface area contributed by atoms with E-state index in [4.69, 9.17) is 0 Å². The van der Waals surface area contributed by atoms with E-state index in [1.165, 1.54) is 18.7 Å². The number of benzene rings is 1. The number of amides is 1. The molecular formula is C15H18N2O3. The first-order valence-corrected chi connectivity index (χ1v) is 6.51. The SMILES string of the molecule is CCN(C(=O)c1cccc2cc[nH]c12)C(C)(C)C(=O)O. The highest BCUT2D eigenvalue weighted by molar-refractivity contribution is 6.07. The molecule has 1 heterocycles. The largest absolute Gasteiger partial charge is 0.480 e. The summed E-state index contributed by atoms with van der Waals surface area (Å²) in [6.07, 6.45) is 1.76. The number of para-hydroxylation sites is 1. The first-order valence-electron chi connectivity index (χ1n) is 6.51. The lowest BCUT2D eigenvalue weighted by atomic mass is 10.0. The number of hydrogen-bond acceptors (Lipinski definition) is 2. The van der Waals surface area contributed by atoms with Crippen LogP contribution in [0, 0.1) is 0 Å². The Kier molecular flexibility index (Phi) is 3.53. The number of likely N-dealkylation sites (N-methyl/N-ethyl adjacent to an activating group) is 1. The van der Waals surface area contributed by atoms with Gasteiger partial charge >= 0.3 is 5.97 Å². The first-order chi connectivity index (χ1) is 9.39. The Balaban J connectivity index is 2.49. The Labute approximate surface area is 117 Å². The normalized spacial score (nSPS) is 11.6. The van der Waals surface area contributed by atoms with Crippen molar-refractivity contribution >= 4 is 22.8 Å². The number of carbonyl (C=O) groups excluding carboxylic acids is 1. The van der Waals surface area contributed by atoms with Crippen molar-refractivity contribution < 1.29 is 14.7 Å². The Morgan fingerprint density at radius 2 is 2.00 bits per heavy atom. The minimum Gasteiger partial charge on any atom is -0.480 e. The maximum absolute atomic E-state index is 12.7. The fraction of sp³-hybridized carbons (Fsp3) is 0.333. The zero-order valence-electron chi connectivity index (χ0n) is 11.8. The number of rotatable bonds is 4. The van der Waals surface area contributed by atoms with Gasteiger partial charge in [0.1, 0.15) is 5.54 Å². The molecule has 0 bridgehead atoms. The monoisotopic (exact) mass is 274 g/mol. The van der Waals surface area contributed by atoms with Crippen LogP contribution in [0.5, 0.6) is 0 Å². The van der Waals surface area contributed by atoms with Gasteiger partial charge in [-0.05, 0) is 32.9 Å². The van der Waals surface area contributed by atoms with Gasteiger partial charge in [-0.3, -0.25) is 4.79 Å². The molecule has 5 heteroatoms. The highest BCUT2D eigenvalue weighted by Gasteiger charge is 2.37. The summed E-state index contributed by atoms with van der Waals surface area (Å²) in [5.74, 6) is -1.31. The zero-order valence-corrected chi connectivity index (χ0v) is 11.8. The van der Waals surface area contributed by atoms with Crippen LogP contribution < -0.4 is 0 Å². The first kappa shape index (κ1) is 14.1. The van der Waals surface area contributed by atoms with Crippen LogP contribution in [0.3, 0.4) is 0 Å². The van der Waals surface area contributed by atoms with Crippen molar-refractivity contribution in [2.45, 2.75) is 26.3 Å². The molecular weight excluding hydrogens is 256 g/mol. The molecule has 0 aliphatic carbocycles. The maximum Gasteiger partial charge on any atom is 0.329 e. The lowest BCUT2D eigenvalue weighted by Gasteiger charge is -2.34. The molecule has 0 saturated carbocycles. The molecule has 0 spiro atoms. The second kappa shape index (κ2) is 5.00. The number of carbonyl (C=O) groups is 2. The molecule has 0 aliphatic heterocycles. The molecule has 5 nitrogen and oxygen atoms in total. The molecule has 0 unspecified atom stereocenters. The van der Waals surface area contributed by atoms with E-state index in [0.717, 1.165) is 10.9 Å². The number of H-pyrrole nitrogens is 1. The molecule has 106 valence electrons. The van der Waals surface area contributed by atoms with E-state index in [9.17, 15) is 14.7 Å². The average Bonchev–Trinajstić information content (AvgIpc) is 2.86. The molecule has 1 aromatic heterocycles. The Morgan fingerprint density at radius 1 is 1.30 bits per heavy atom. The lowest BCUT2D eigenvalue weighted by molar-refractivity contribution is -0.147. The van der Waals surface area contributed by atoms with Gasteiger partial charge in [0.05, 0.1) is 11.1 Å². The standard InChI is InChI=1S/C15H18N2O3/c1-4-17(15(2,3)14(19)20)13(18)11-7-5-6-10-8-9-16-12(10)11/h5-9,16H,4H2,1-3H3,(H,19,20). The van der Waals surface area contributed by atoms with Gasteiger partial charge in [0.15, 0.2) is 0 Å². The molecule has 0 aliphatic rings. The average molecular weight is 274 g/mol. The van der Waals surface area contributed by atoms with Crippen molar-refractivity contribution in [2.75, 3.05) is 6.54 Å². The smallest absolute Gasteiger partial charge is 0.329 e. The van der Waals surface area contributed by atoms with Crippen molar-refractivity contribution in [2.24, 2.45) is 0 Å². The summed E-state index contributed by atoms with van der Waals surface area (Å²) < 4.78 is 0. The van der Waals surface area contributed by atoms with E-state index in [2.05, 4.69) is 4.98 Å². The van der Waals surface area contributed by atoms with Crippen LogP contribution in [0.4, 0.5) is 0 Å². The second-order valence-electron chi connectivity index (χ2n) is 5.16. The van der Waals surface area contributed by atoms with Crippen molar-refractivity contribution in [3.63, 3.8) is 0 Å². The van der Waals surface area contributed by atoms with Crippen molar-refractivity contribution in [3.8, 4) is 0 Å². The van der Waals surface area contributed by atoms with Crippen LogP contribution >= 0.6 is 0 Å². The molecule has 1 amide bonds. The predicted octanol–water partition coefficient (Wildman–Crippen LogP) is 2.49. The van der Waals surface area contributed by atoms with E-state index in [1.807, 2.05) is 12.1 Å². The summed E-state index contributed by atoms with van der Waals surface area (Å²) >= 11 is 0. The van der Waals surface area contributed by atoms with E-state index >= 15 is 0 Å². The molecule has 0 radical (unpaired) electrons. The number of carboxylic acid groups (broad SMARTS) is 1. The summed E-state index contributed by atoms with van der Waals surface area (Å²) in [5.41, 5.74) is -0.0264. The van der Waals surface area contributed by atoms with Gasteiger partial charge in [0.25, 0.3) is 5.91 Å². The van der Waals surface area contributed by atoms with E-state index in [-0.39, 0.29) is 5.91 Å². The van der Waals surface area contributed by atoms with Gasteiger partial charge < -0.3 is 15.0 Å². The van der Waals surface area contributed by atoms with Crippen LogP contribution in [-0.2, 0) is 4.79 Å². The molecule has 0 atom stereocenters. The number of fused-ring (bicyclic) bond motifs is 1. The lowest BCUT2D eigenvalue weighted by Crippen LogP contribution is -2.52. The number of nitrogens with one attached hydrogen (secondary N) is 1. The third kappa shape index (κ3) is 2.15. The van der Waals surface area contributed by atoms with Gasteiger partial charge in [0, 0.05) is 18.1 Å². The van der Waals surface area contributed by atoms with E-state index < -0.39 is 11.5 Å². The number of carboxylic acids is 1. The number of hydrogen-bond donors (Lipinski definition) is 2. The quantitative estimate of drug-likeness (QED) is 0.899. The number of aromatic nitrogens is 1.